The number of carbonyl (C=O) groups is 1. The fraction of sp³-hybridized carbons (Fsp3) is 0.917. The Balaban J connectivity index is 2.34. The number of hydrogen-bond acceptors (Lipinski definition) is 3. The lowest BCUT2D eigenvalue weighted by atomic mass is 9.96. The highest BCUT2D eigenvalue weighted by atomic mass is 16.2. The molecule has 0 aromatic carbocycles. The Morgan fingerprint density at radius 2 is 2.00 bits per heavy atom. The Morgan fingerprint density at radius 3 is 2.44 bits per heavy atom. The van der Waals surface area contributed by atoms with Gasteiger partial charge in [0.1, 0.15) is 0 Å². The lowest BCUT2D eigenvalue weighted by Crippen LogP contribution is -2.47. The molecule has 4 nitrogen and oxygen atoms in total. The summed E-state index contributed by atoms with van der Waals surface area (Å²) >= 11 is 0. The van der Waals surface area contributed by atoms with Crippen LogP contribution in [0.15, 0.2) is 0 Å². The zero-order chi connectivity index (χ0) is 12.1. The van der Waals surface area contributed by atoms with Crippen LogP contribution in [0, 0.1) is 5.92 Å². The zero-order valence-electron chi connectivity index (χ0n) is 10.8. The molecule has 1 aliphatic heterocycles. The van der Waals surface area contributed by atoms with Crippen LogP contribution in [0.25, 0.3) is 0 Å². The quantitative estimate of drug-likeness (QED) is 0.762. The largest absolute Gasteiger partial charge is 0.341 e. The molecule has 4 heteroatoms. The Morgan fingerprint density at radius 1 is 1.44 bits per heavy atom. The number of amides is 1. The summed E-state index contributed by atoms with van der Waals surface area (Å²) < 4.78 is 0. The van der Waals surface area contributed by atoms with E-state index in [0.29, 0.717) is 0 Å². The van der Waals surface area contributed by atoms with Gasteiger partial charge in [0.05, 0.1) is 6.04 Å². The van der Waals surface area contributed by atoms with Crippen molar-refractivity contribution < 1.29 is 4.79 Å². The summed E-state index contributed by atoms with van der Waals surface area (Å²) in [6.07, 6.45) is 2.96. The highest BCUT2D eigenvalue weighted by Crippen LogP contribution is 2.18. The monoisotopic (exact) mass is 227 g/mol. The molecule has 0 spiro atoms. The van der Waals surface area contributed by atoms with Crippen LogP contribution >= 0.6 is 0 Å². The molecule has 0 aromatic heterocycles. The van der Waals surface area contributed by atoms with Crippen LogP contribution in [0.3, 0.4) is 0 Å². The van der Waals surface area contributed by atoms with Crippen LogP contribution in [0.5, 0.6) is 0 Å². The van der Waals surface area contributed by atoms with Crippen LogP contribution in [0.2, 0.25) is 0 Å². The Kier molecular flexibility index (Phi) is 5.22. The predicted octanol–water partition coefficient (Wildman–Crippen LogP) is 0.524. The van der Waals surface area contributed by atoms with Crippen LogP contribution in [-0.2, 0) is 4.79 Å². The topological polar surface area (TPSA) is 49.6 Å². The van der Waals surface area contributed by atoms with Crippen LogP contribution < -0.4 is 5.73 Å². The second kappa shape index (κ2) is 6.21. The molecule has 1 aliphatic rings. The summed E-state index contributed by atoms with van der Waals surface area (Å²) in [6, 6.07) is -0.301. The van der Waals surface area contributed by atoms with E-state index in [1.54, 1.807) is 0 Å². The van der Waals surface area contributed by atoms with Crippen molar-refractivity contribution in [2.45, 2.75) is 32.2 Å². The fourth-order valence-electron chi connectivity index (χ4n) is 2.26. The van der Waals surface area contributed by atoms with E-state index in [1.165, 1.54) is 0 Å². The molecule has 16 heavy (non-hydrogen) atoms. The molecule has 0 radical (unpaired) electrons. The van der Waals surface area contributed by atoms with Crippen LogP contribution in [0.4, 0.5) is 0 Å². The molecule has 1 heterocycles. The first-order valence-electron chi connectivity index (χ1n) is 6.23. The molecule has 0 bridgehead atoms. The highest BCUT2D eigenvalue weighted by Gasteiger charge is 2.25. The van der Waals surface area contributed by atoms with Crippen LogP contribution in [-0.4, -0.2) is 55.5 Å². The minimum atomic E-state index is -0.301. The first-order valence-corrected chi connectivity index (χ1v) is 6.23. The molecule has 0 aromatic rings. The summed E-state index contributed by atoms with van der Waals surface area (Å²) in [4.78, 5) is 16.0. The second-order valence-corrected chi connectivity index (χ2v) is 5.05. The van der Waals surface area contributed by atoms with E-state index >= 15 is 0 Å². The van der Waals surface area contributed by atoms with Gasteiger partial charge in [0, 0.05) is 19.6 Å². The number of likely N-dealkylation sites (tertiary alicyclic amines) is 1. The van der Waals surface area contributed by atoms with Gasteiger partial charge >= 0.3 is 0 Å². The Bertz CT molecular complexity index is 222. The maximum Gasteiger partial charge on any atom is 0.239 e. The van der Waals surface area contributed by atoms with E-state index in [2.05, 4.69) is 19.0 Å². The molecule has 0 saturated carbocycles. The van der Waals surface area contributed by atoms with Crippen molar-refractivity contribution in [1.82, 2.24) is 9.80 Å². The van der Waals surface area contributed by atoms with Gasteiger partial charge in [-0.05, 0) is 39.3 Å². The van der Waals surface area contributed by atoms with Gasteiger partial charge in [-0.1, -0.05) is 6.92 Å². The number of nitrogens with zero attached hydrogens (tertiary/aromatic N) is 2. The first-order chi connectivity index (χ1) is 7.54. The maximum atomic E-state index is 11.8. The average Bonchev–Trinajstić information content (AvgIpc) is 2.27. The van der Waals surface area contributed by atoms with Gasteiger partial charge in [-0.25, -0.2) is 0 Å². The molecule has 1 fully saturated rings. The van der Waals surface area contributed by atoms with Crippen molar-refractivity contribution in [2.24, 2.45) is 11.7 Å². The van der Waals surface area contributed by atoms with E-state index < -0.39 is 0 Å². The van der Waals surface area contributed by atoms with Gasteiger partial charge in [0.15, 0.2) is 0 Å². The zero-order valence-corrected chi connectivity index (χ0v) is 10.8. The Labute approximate surface area is 98.8 Å². The van der Waals surface area contributed by atoms with Gasteiger partial charge in [0.25, 0.3) is 0 Å². The number of rotatable bonds is 4. The molecule has 2 N–H and O–H groups in total. The molecule has 1 rings (SSSR count). The normalized spacial score (nSPS) is 20.2. The van der Waals surface area contributed by atoms with Gasteiger partial charge in [-0.2, -0.15) is 0 Å². The van der Waals surface area contributed by atoms with E-state index in [0.717, 1.165) is 44.8 Å². The van der Waals surface area contributed by atoms with Gasteiger partial charge in [-0.15, -0.1) is 0 Å². The van der Waals surface area contributed by atoms with Gasteiger partial charge in [0.2, 0.25) is 5.91 Å². The van der Waals surface area contributed by atoms with Crippen LogP contribution in [0.1, 0.15) is 26.2 Å². The summed E-state index contributed by atoms with van der Waals surface area (Å²) in [5, 5.41) is 0. The molecular formula is C12H25N3O. The van der Waals surface area contributed by atoms with Crippen molar-refractivity contribution in [3.63, 3.8) is 0 Å². The number of carbonyl (C=O) groups excluding carboxylic acids is 1. The highest BCUT2D eigenvalue weighted by molar-refractivity contribution is 5.81. The average molecular weight is 227 g/mol. The summed E-state index contributed by atoms with van der Waals surface area (Å²) in [5.74, 6) is 0.864. The predicted molar refractivity (Wildman–Crippen MR) is 66.1 cm³/mol. The molecule has 94 valence electrons. The third kappa shape index (κ3) is 3.76. The lowest BCUT2D eigenvalue weighted by molar-refractivity contribution is -0.134. The van der Waals surface area contributed by atoms with E-state index in [1.807, 2.05) is 11.8 Å². The number of nitrogens with two attached hydrogens (primary N) is 1. The van der Waals surface area contributed by atoms with Gasteiger partial charge < -0.3 is 15.5 Å². The van der Waals surface area contributed by atoms with E-state index in [4.69, 9.17) is 5.73 Å². The van der Waals surface area contributed by atoms with Crippen molar-refractivity contribution in [1.29, 1.82) is 0 Å². The number of hydrogen-bond donors (Lipinski definition) is 1. The minimum absolute atomic E-state index is 0.130. The SMILES string of the molecule is CCC(N)C(=O)N1CCC(CN(C)C)CC1. The molecule has 1 unspecified atom stereocenters. The van der Waals surface area contributed by atoms with Crippen molar-refractivity contribution in [3.8, 4) is 0 Å². The van der Waals surface area contributed by atoms with Crippen molar-refractivity contribution in [2.75, 3.05) is 33.7 Å². The smallest absolute Gasteiger partial charge is 0.239 e. The second-order valence-electron chi connectivity index (χ2n) is 5.05. The third-order valence-electron chi connectivity index (χ3n) is 3.31. The summed E-state index contributed by atoms with van der Waals surface area (Å²) in [5.41, 5.74) is 5.76. The summed E-state index contributed by atoms with van der Waals surface area (Å²) in [7, 11) is 4.20. The molecule has 1 amide bonds. The van der Waals surface area contributed by atoms with Gasteiger partial charge in [-0.3, -0.25) is 4.79 Å². The van der Waals surface area contributed by atoms with E-state index in [-0.39, 0.29) is 11.9 Å². The lowest BCUT2D eigenvalue weighted by Gasteiger charge is -2.34. The third-order valence-corrected chi connectivity index (χ3v) is 3.31. The minimum Gasteiger partial charge on any atom is -0.341 e. The molecule has 1 saturated heterocycles. The Hall–Kier alpha value is -0.610. The van der Waals surface area contributed by atoms with E-state index in [9.17, 15) is 4.79 Å². The van der Waals surface area contributed by atoms with Crippen molar-refractivity contribution in [3.05, 3.63) is 0 Å². The van der Waals surface area contributed by atoms with Crippen molar-refractivity contribution >= 4 is 5.91 Å². The maximum absolute atomic E-state index is 11.8. The first kappa shape index (κ1) is 13.5. The molecular weight excluding hydrogens is 202 g/mol. The summed E-state index contributed by atoms with van der Waals surface area (Å²) in [6.45, 7) is 4.85. The standard InChI is InChI=1S/C12H25N3O/c1-4-11(13)12(16)15-7-5-10(6-8-15)9-14(2)3/h10-11H,4-9,13H2,1-3H3. The molecule has 0 aliphatic carbocycles. The fourth-order valence-corrected chi connectivity index (χ4v) is 2.26. The number of piperidine rings is 1. The molecule has 1 atom stereocenters.